The molecule has 0 amide bonds. The molecule has 1 N–H and O–H groups in total. The molecule has 29 heavy (non-hydrogen) atoms. The average Bonchev–Trinajstić information content (AvgIpc) is 3.20. The molecule has 5 aromatic rings. The van der Waals surface area contributed by atoms with E-state index in [0.717, 1.165) is 44.4 Å². The van der Waals surface area contributed by atoms with Crippen molar-refractivity contribution in [1.29, 1.82) is 0 Å². The average molecular weight is 379 g/mol. The molecule has 3 heteroatoms. The quantitative estimate of drug-likeness (QED) is 0.378. The van der Waals surface area contributed by atoms with Crippen LogP contribution in [0.2, 0.25) is 0 Å². The highest BCUT2D eigenvalue weighted by Gasteiger charge is 2.20. The van der Waals surface area contributed by atoms with E-state index < -0.39 is 0 Å². The van der Waals surface area contributed by atoms with Crippen molar-refractivity contribution in [2.24, 2.45) is 0 Å². The zero-order valence-electron chi connectivity index (χ0n) is 16.4. The first kappa shape index (κ1) is 17.4. The molecule has 4 aromatic carbocycles. The Hall–Kier alpha value is -3.72. The van der Waals surface area contributed by atoms with E-state index in [1.807, 2.05) is 24.3 Å². The van der Waals surface area contributed by atoms with E-state index in [-0.39, 0.29) is 0 Å². The topological polar surface area (TPSA) is 34.2 Å². The lowest BCUT2D eigenvalue weighted by Crippen LogP contribution is -1.87. The predicted octanol–water partition coefficient (Wildman–Crippen LogP) is 6.67. The molecule has 0 unspecified atom stereocenters. The Kier molecular flexibility index (Phi) is 4.21. The number of fused-ring (bicyclic) bond motifs is 3. The summed E-state index contributed by atoms with van der Waals surface area (Å²) in [4.78, 5) is 3.59. The zero-order valence-corrected chi connectivity index (χ0v) is 16.4. The van der Waals surface area contributed by atoms with Gasteiger partial charge in [-0.25, -0.2) is 0 Å². The molecule has 1 heterocycles. The summed E-state index contributed by atoms with van der Waals surface area (Å²) in [5.74, 6) is 1.63. The van der Waals surface area contributed by atoms with E-state index in [0.29, 0.717) is 0 Å². The minimum atomic E-state index is 0.817. The number of hydrogen-bond acceptors (Lipinski definition) is 2. The molecule has 0 atom stereocenters. The van der Waals surface area contributed by atoms with Crippen LogP contribution in [0.4, 0.5) is 0 Å². The summed E-state index contributed by atoms with van der Waals surface area (Å²) in [6.45, 7) is 0. The lowest BCUT2D eigenvalue weighted by Gasteiger charge is -2.11. The van der Waals surface area contributed by atoms with Crippen molar-refractivity contribution in [2.45, 2.75) is 0 Å². The normalized spacial score (nSPS) is 11.1. The highest BCUT2D eigenvalue weighted by Crippen LogP contribution is 2.45. The fourth-order valence-electron chi connectivity index (χ4n) is 4.12. The highest BCUT2D eigenvalue weighted by molar-refractivity contribution is 6.22. The largest absolute Gasteiger partial charge is 0.495 e. The van der Waals surface area contributed by atoms with Crippen LogP contribution >= 0.6 is 0 Å². The molecule has 0 aliphatic carbocycles. The molecular formula is C26H21NO2. The third-order valence-electron chi connectivity index (χ3n) is 5.44. The van der Waals surface area contributed by atoms with Gasteiger partial charge in [0.2, 0.25) is 0 Å². The summed E-state index contributed by atoms with van der Waals surface area (Å²) in [6, 6.07) is 29.2. The second kappa shape index (κ2) is 7.02. The van der Waals surface area contributed by atoms with Gasteiger partial charge in [-0.2, -0.15) is 0 Å². The highest BCUT2D eigenvalue weighted by atomic mass is 16.5. The number of aromatic amines is 1. The number of ether oxygens (including phenoxy) is 2. The first-order valence-corrected chi connectivity index (χ1v) is 9.62. The molecule has 0 aliphatic rings. The van der Waals surface area contributed by atoms with Crippen molar-refractivity contribution in [3.05, 3.63) is 84.9 Å². The number of methoxy groups -OCH3 is 2. The van der Waals surface area contributed by atoms with Crippen LogP contribution < -0.4 is 9.47 Å². The second-order valence-corrected chi connectivity index (χ2v) is 6.99. The SMILES string of the molecule is COc1ccc(-c2ccccc2)c2c1[nH]c1c(OC)ccc(-c3ccccc3)c12. The van der Waals surface area contributed by atoms with Gasteiger partial charge in [-0.1, -0.05) is 60.7 Å². The molecule has 0 aliphatic heterocycles. The first-order valence-electron chi connectivity index (χ1n) is 9.62. The molecular weight excluding hydrogens is 358 g/mol. The molecule has 142 valence electrons. The minimum Gasteiger partial charge on any atom is -0.495 e. The van der Waals surface area contributed by atoms with Gasteiger partial charge in [0.25, 0.3) is 0 Å². The van der Waals surface area contributed by atoms with Crippen molar-refractivity contribution in [3.63, 3.8) is 0 Å². The fraction of sp³-hybridized carbons (Fsp3) is 0.0769. The van der Waals surface area contributed by atoms with Crippen LogP contribution in [0.5, 0.6) is 11.5 Å². The van der Waals surface area contributed by atoms with Crippen LogP contribution in [0.1, 0.15) is 0 Å². The summed E-state index contributed by atoms with van der Waals surface area (Å²) in [5, 5.41) is 2.28. The Morgan fingerprint density at radius 1 is 0.517 bits per heavy atom. The number of aromatic nitrogens is 1. The van der Waals surface area contributed by atoms with Crippen molar-refractivity contribution in [3.8, 4) is 33.8 Å². The Morgan fingerprint density at radius 2 is 0.931 bits per heavy atom. The van der Waals surface area contributed by atoms with Crippen molar-refractivity contribution < 1.29 is 9.47 Å². The van der Waals surface area contributed by atoms with Crippen LogP contribution in [-0.2, 0) is 0 Å². The third kappa shape index (κ3) is 2.74. The van der Waals surface area contributed by atoms with Gasteiger partial charge in [0, 0.05) is 10.8 Å². The maximum absolute atomic E-state index is 5.69. The molecule has 0 bridgehead atoms. The Morgan fingerprint density at radius 3 is 1.31 bits per heavy atom. The molecule has 0 radical (unpaired) electrons. The molecule has 0 spiro atoms. The standard InChI is InChI=1S/C26H21NO2/c1-28-21-15-13-19(17-9-5-3-6-10-17)23-24-20(18-11-7-4-8-12-18)14-16-22(29-2)26(24)27-25(21)23/h3-16,27H,1-2H3. The summed E-state index contributed by atoms with van der Waals surface area (Å²) in [6.07, 6.45) is 0. The monoisotopic (exact) mass is 379 g/mol. The summed E-state index contributed by atoms with van der Waals surface area (Å²) < 4.78 is 11.4. The van der Waals surface area contributed by atoms with E-state index >= 15 is 0 Å². The van der Waals surface area contributed by atoms with E-state index in [9.17, 15) is 0 Å². The second-order valence-electron chi connectivity index (χ2n) is 6.99. The number of H-pyrrole nitrogens is 1. The summed E-state index contributed by atoms with van der Waals surface area (Å²) >= 11 is 0. The van der Waals surface area contributed by atoms with Crippen molar-refractivity contribution in [1.82, 2.24) is 4.98 Å². The molecule has 0 saturated carbocycles. The maximum Gasteiger partial charge on any atom is 0.142 e. The molecule has 5 rings (SSSR count). The molecule has 0 saturated heterocycles. The van der Waals surface area contributed by atoms with Crippen LogP contribution in [-0.4, -0.2) is 19.2 Å². The van der Waals surface area contributed by atoms with Gasteiger partial charge in [0.05, 0.1) is 25.3 Å². The maximum atomic E-state index is 5.69. The fourth-order valence-corrected chi connectivity index (χ4v) is 4.12. The van der Waals surface area contributed by atoms with Gasteiger partial charge < -0.3 is 14.5 Å². The van der Waals surface area contributed by atoms with Crippen LogP contribution in [0.3, 0.4) is 0 Å². The van der Waals surface area contributed by atoms with Crippen LogP contribution in [0.15, 0.2) is 84.9 Å². The smallest absolute Gasteiger partial charge is 0.142 e. The number of benzene rings is 4. The Balaban J connectivity index is 1.99. The zero-order chi connectivity index (χ0) is 19.8. The van der Waals surface area contributed by atoms with Crippen LogP contribution in [0, 0.1) is 0 Å². The lowest BCUT2D eigenvalue weighted by atomic mass is 9.94. The first-order chi connectivity index (χ1) is 14.3. The number of rotatable bonds is 4. The van der Waals surface area contributed by atoms with Gasteiger partial charge in [-0.05, 0) is 46.5 Å². The van der Waals surface area contributed by atoms with Gasteiger partial charge in [0.1, 0.15) is 11.5 Å². The van der Waals surface area contributed by atoms with Gasteiger partial charge in [-0.3, -0.25) is 0 Å². The Labute approximate surface area is 169 Å². The van der Waals surface area contributed by atoms with Gasteiger partial charge in [0.15, 0.2) is 0 Å². The van der Waals surface area contributed by atoms with Crippen molar-refractivity contribution >= 4 is 21.8 Å². The molecule has 1 aromatic heterocycles. The lowest BCUT2D eigenvalue weighted by molar-refractivity contribution is 0.417. The van der Waals surface area contributed by atoms with E-state index in [4.69, 9.17) is 9.47 Å². The van der Waals surface area contributed by atoms with E-state index in [2.05, 4.69) is 65.6 Å². The van der Waals surface area contributed by atoms with Gasteiger partial charge in [-0.15, -0.1) is 0 Å². The van der Waals surface area contributed by atoms with E-state index in [1.165, 1.54) is 11.1 Å². The third-order valence-corrected chi connectivity index (χ3v) is 5.44. The van der Waals surface area contributed by atoms with Crippen LogP contribution in [0.25, 0.3) is 44.1 Å². The predicted molar refractivity (Wildman–Crippen MR) is 120 cm³/mol. The Bertz CT molecular complexity index is 1200. The minimum absolute atomic E-state index is 0.817. The molecule has 3 nitrogen and oxygen atoms in total. The van der Waals surface area contributed by atoms with Crippen molar-refractivity contribution in [2.75, 3.05) is 14.2 Å². The molecule has 0 fully saturated rings. The number of nitrogens with one attached hydrogen (secondary N) is 1. The number of hydrogen-bond donors (Lipinski definition) is 1. The summed E-state index contributed by atoms with van der Waals surface area (Å²) in [5.41, 5.74) is 6.62. The van der Waals surface area contributed by atoms with E-state index in [1.54, 1.807) is 14.2 Å². The van der Waals surface area contributed by atoms with Gasteiger partial charge >= 0.3 is 0 Å². The summed E-state index contributed by atoms with van der Waals surface area (Å²) in [7, 11) is 3.41.